The molecule has 0 aliphatic heterocycles. The summed E-state index contributed by atoms with van der Waals surface area (Å²) in [6, 6.07) is 3.90. The SMILES string of the molecule is Cc1ccc([C](=O)[Ge])c(C)c1C. The molecule has 0 aliphatic carbocycles. The summed E-state index contributed by atoms with van der Waals surface area (Å²) in [5.74, 6) is 0. The molecule has 0 N–H and O–H groups in total. The second kappa shape index (κ2) is 3.44. The van der Waals surface area contributed by atoms with Gasteiger partial charge in [0.2, 0.25) is 0 Å². The number of carbonyl (C=O) groups is 1. The fourth-order valence-electron chi connectivity index (χ4n) is 1.20. The van der Waals surface area contributed by atoms with E-state index in [1.54, 1.807) is 16.5 Å². The molecule has 0 aliphatic rings. The molecule has 0 heterocycles. The summed E-state index contributed by atoms with van der Waals surface area (Å²) in [4.78, 5) is 11.1. The van der Waals surface area contributed by atoms with E-state index in [1.807, 2.05) is 19.1 Å². The van der Waals surface area contributed by atoms with Crippen molar-refractivity contribution in [2.75, 3.05) is 0 Å². The zero-order valence-corrected chi connectivity index (χ0v) is 9.66. The summed E-state index contributed by atoms with van der Waals surface area (Å²) in [5.41, 5.74) is 4.43. The standard InChI is InChI=1S/C10H11GeO/c1-6-4-5-9(10(11)12)8(3)7(6)2/h4-5H,1-3H3. The van der Waals surface area contributed by atoms with Crippen molar-refractivity contribution in [3.8, 4) is 0 Å². The Hall–Kier alpha value is -0.567. The minimum absolute atomic E-state index is 0.149. The topological polar surface area (TPSA) is 17.1 Å². The van der Waals surface area contributed by atoms with Crippen LogP contribution in [0.3, 0.4) is 0 Å². The normalized spacial score (nSPS) is 10.0. The van der Waals surface area contributed by atoms with E-state index < -0.39 is 0 Å². The Kier molecular flexibility index (Phi) is 2.73. The Morgan fingerprint density at radius 2 is 1.75 bits per heavy atom. The molecule has 0 spiro atoms. The van der Waals surface area contributed by atoms with Gasteiger partial charge in [0.05, 0.1) is 0 Å². The molecule has 0 amide bonds. The quantitative estimate of drug-likeness (QED) is 0.660. The van der Waals surface area contributed by atoms with E-state index in [0.29, 0.717) is 0 Å². The van der Waals surface area contributed by atoms with E-state index in [2.05, 4.69) is 13.8 Å². The van der Waals surface area contributed by atoms with Crippen LogP contribution in [0.1, 0.15) is 27.0 Å². The van der Waals surface area contributed by atoms with Gasteiger partial charge < -0.3 is 0 Å². The van der Waals surface area contributed by atoms with Crippen LogP contribution in [0.25, 0.3) is 0 Å². The Balaban J connectivity index is 3.36. The minimum atomic E-state index is 0.149. The van der Waals surface area contributed by atoms with E-state index in [1.165, 1.54) is 11.1 Å². The molecule has 0 saturated carbocycles. The molecular weight excluding hydrogens is 209 g/mol. The Bertz CT molecular complexity index is 329. The molecule has 0 aromatic heterocycles. The van der Waals surface area contributed by atoms with Gasteiger partial charge in [0.25, 0.3) is 0 Å². The summed E-state index contributed by atoms with van der Waals surface area (Å²) in [6.45, 7) is 6.11. The van der Waals surface area contributed by atoms with Crippen LogP contribution in [0.5, 0.6) is 0 Å². The van der Waals surface area contributed by atoms with Crippen LogP contribution in [-0.4, -0.2) is 21.1 Å². The summed E-state index contributed by atoms with van der Waals surface area (Å²) < 4.78 is 0.149. The number of rotatable bonds is 1. The van der Waals surface area contributed by atoms with Crippen LogP contribution in [0.4, 0.5) is 0 Å². The molecule has 1 aromatic rings. The van der Waals surface area contributed by atoms with E-state index in [0.717, 1.165) is 11.1 Å². The molecule has 1 aromatic carbocycles. The number of hydrogen-bond donors (Lipinski definition) is 0. The van der Waals surface area contributed by atoms with Crippen LogP contribution < -0.4 is 0 Å². The first-order chi connectivity index (χ1) is 5.54. The van der Waals surface area contributed by atoms with Crippen molar-refractivity contribution in [2.45, 2.75) is 20.8 Å². The van der Waals surface area contributed by atoms with Crippen molar-refractivity contribution in [3.05, 3.63) is 34.4 Å². The molecule has 2 heteroatoms. The van der Waals surface area contributed by atoms with Crippen molar-refractivity contribution in [1.82, 2.24) is 0 Å². The first kappa shape index (κ1) is 9.52. The average molecular weight is 220 g/mol. The van der Waals surface area contributed by atoms with E-state index >= 15 is 0 Å². The summed E-state index contributed by atoms with van der Waals surface area (Å²) in [5, 5.41) is 0. The second-order valence-electron chi connectivity index (χ2n) is 3.01. The molecule has 1 rings (SSSR count). The third kappa shape index (κ3) is 1.61. The number of carbonyl (C=O) groups excluding carboxylic acids is 1. The summed E-state index contributed by atoms with van der Waals surface area (Å²) >= 11 is 1.61. The third-order valence-electron chi connectivity index (χ3n) is 2.30. The van der Waals surface area contributed by atoms with Gasteiger partial charge >= 0.3 is 81.1 Å². The second-order valence-corrected chi connectivity index (χ2v) is 3.96. The molecule has 0 atom stereocenters. The summed E-state index contributed by atoms with van der Waals surface area (Å²) in [7, 11) is 0. The third-order valence-corrected chi connectivity index (χ3v) is 2.87. The molecule has 0 saturated heterocycles. The predicted octanol–water partition coefficient (Wildman–Crippen LogP) is 1.92. The van der Waals surface area contributed by atoms with Gasteiger partial charge in [-0.1, -0.05) is 0 Å². The number of benzene rings is 1. The number of hydrogen-bond acceptors (Lipinski definition) is 1. The average Bonchev–Trinajstić information content (AvgIpc) is 2.00. The van der Waals surface area contributed by atoms with Crippen LogP contribution in [0, 0.1) is 20.8 Å². The van der Waals surface area contributed by atoms with Gasteiger partial charge in [-0.15, -0.1) is 0 Å². The Labute approximate surface area is 81.4 Å². The molecule has 61 valence electrons. The van der Waals surface area contributed by atoms with Gasteiger partial charge in [0, 0.05) is 0 Å². The van der Waals surface area contributed by atoms with Gasteiger partial charge in [0.1, 0.15) is 0 Å². The number of aryl methyl sites for hydroxylation is 1. The van der Waals surface area contributed by atoms with E-state index in [-0.39, 0.29) is 4.62 Å². The van der Waals surface area contributed by atoms with Gasteiger partial charge in [-0.05, 0) is 0 Å². The van der Waals surface area contributed by atoms with Crippen LogP contribution in [0.2, 0.25) is 0 Å². The maximum atomic E-state index is 11.1. The Morgan fingerprint density at radius 3 is 2.25 bits per heavy atom. The molecule has 0 unspecified atom stereocenters. The van der Waals surface area contributed by atoms with Crippen molar-refractivity contribution in [2.24, 2.45) is 0 Å². The van der Waals surface area contributed by atoms with E-state index in [9.17, 15) is 4.79 Å². The summed E-state index contributed by atoms with van der Waals surface area (Å²) in [6.07, 6.45) is 0. The van der Waals surface area contributed by atoms with Crippen LogP contribution in [-0.2, 0) is 0 Å². The van der Waals surface area contributed by atoms with Crippen molar-refractivity contribution < 1.29 is 4.79 Å². The van der Waals surface area contributed by atoms with Gasteiger partial charge in [-0.25, -0.2) is 0 Å². The predicted molar refractivity (Wildman–Crippen MR) is 50.7 cm³/mol. The molecule has 0 bridgehead atoms. The molecule has 12 heavy (non-hydrogen) atoms. The fraction of sp³-hybridized carbons (Fsp3) is 0.300. The van der Waals surface area contributed by atoms with Crippen molar-refractivity contribution >= 4 is 21.1 Å². The zero-order valence-electron chi connectivity index (χ0n) is 7.56. The van der Waals surface area contributed by atoms with Crippen molar-refractivity contribution in [1.29, 1.82) is 0 Å². The monoisotopic (exact) mass is 221 g/mol. The molecule has 3 radical (unpaired) electrons. The van der Waals surface area contributed by atoms with Crippen LogP contribution >= 0.6 is 0 Å². The first-order valence-electron chi connectivity index (χ1n) is 3.86. The first-order valence-corrected chi connectivity index (χ1v) is 4.91. The molecule has 0 fully saturated rings. The zero-order chi connectivity index (χ0) is 9.30. The molecular formula is C10H11GeO. The van der Waals surface area contributed by atoms with Crippen LogP contribution in [0.15, 0.2) is 12.1 Å². The van der Waals surface area contributed by atoms with E-state index in [4.69, 9.17) is 0 Å². The van der Waals surface area contributed by atoms with Gasteiger partial charge in [0.15, 0.2) is 0 Å². The fourth-order valence-corrected chi connectivity index (χ4v) is 1.77. The Morgan fingerprint density at radius 1 is 1.17 bits per heavy atom. The molecule has 1 nitrogen and oxygen atoms in total. The maximum absolute atomic E-state index is 11.1. The van der Waals surface area contributed by atoms with Gasteiger partial charge in [-0.3, -0.25) is 0 Å². The van der Waals surface area contributed by atoms with Crippen molar-refractivity contribution in [3.63, 3.8) is 0 Å². The van der Waals surface area contributed by atoms with Gasteiger partial charge in [-0.2, -0.15) is 0 Å².